The zero-order chi connectivity index (χ0) is 9.80. The molecule has 4 atom stereocenters. The monoisotopic (exact) mass is 198 g/mol. The van der Waals surface area contributed by atoms with Crippen LogP contribution in [0.4, 0.5) is 0 Å². The topological polar surface area (TPSA) is 0 Å². The molecule has 0 aliphatic heterocycles. The highest BCUT2D eigenvalue weighted by atomic mass is 32.1. The van der Waals surface area contributed by atoms with Crippen LogP contribution in [-0.4, -0.2) is 5.25 Å². The smallest absolute Gasteiger partial charge is 0.00811 e. The molecule has 0 radical (unpaired) electrons. The summed E-state index contributed by atoms with van der Waals surface area (Å²) in [6.07, 6.45) is 2.87. The Morgan fingerprint density at radius 2 is 1.85 bits per heavy atom. The van der Waals surface area contributed by atoms with E-state index in [1.807, 2.05) is 0 Å². The third-order valence-electron chi connectivity index (χ3n) is 4.81. The number of fused-ring (bicyclic) bond motifs is 2. The SMILES string of the molecule is CC(C)C1CC2CC(C1S)C2(C)C. The van der Waals surface area contributed by atoms with Crippen molar-refractivity contribution in [1.29, 1.82) is 0 Å². The molecule has 3 fully saturated rings. The molecule has 0 aromatic heterocycles. The van der Waals surface area contributed by atoms with Crippen molar-refractivity contribution < 1.29 is 0 Å². The molecule has 3 aliphatic rings. The third kappa shape index (κ3) is 1.26. The second-order valence-corrected chi connectivity index (χ2v) is 6.59. The lowest BCUT2D eigenvalue weighted by atomic mass is 9.45. The molecule has 13 heavy (non-hydrogen) atoms. The van der Waals surface area contributed by atoms with Crippen molar-refractivity contribution in [3.63, 3.8) is 0 Å². The van der Waals surface area contributed by atoms with Gasteiger partial charge in [-0.15, -0.1) is 0 Å². The highest BCUT2D eigenvalue weighted by Gasteiger charge is 2.56. The van der Waals surface area contributed by atoms with Gasteiger partial charge in [0.25, 0.3) is 0 Å². The molecule has 0 N–H and O–H groups in total. The van der Waals surface area contributed by atoms with Crippen molar-refractivity contribution >= 4 is 12.6 Å². The Morgan fingerprint density at radius 1 is 1.23 bits per heavy atom. The third-order valence-corrected chi connectivity index (χ3v) is 5.55. The zero-order valence-corrected chi connectivity index (χ0v) is 10.1. The molecule has 0 amide bonds. The predicted octanol–water partition coefficient (Wildman–Crippen LogP) is 3.62. The zero-order valence-electron chi connectivity index (χ0n) is 9.25. The first kappa shape index (κ1) is 9.89. The van der Waals surface area contributed by atoms with Gasteiger partial charge in [0.05, 0.1) is 0 Å². The predicted molar refractivity (Wildman–Crippen MR) is 61.1 cm³/mol. The van der Waals surface area contributed by atoms with Crippen LogP contribution in [0.5, 0.6) is 0 Å². The Bertz CT molecular complexity index is 205. The second-order valence-electron chi connectivity index (χ2n) is 5.99. The van der Waals surface area contributed by atoms with Gasteiger partial charge in [0.2, 0.25) is 0 Å². The molecule has 0 aromatic carbocycles. The van der Waals surface area contributed by atoms with Crippen LogP contribution in [0.2, 0.25) is 0 Å². The molecule has 1 heteroatoms. The van der Waals surface area contributed by atoms with Crippen LogP contribution in [0, 0.1) is 29.1 Å². The maximum absolute atomic E-state index is 4.84. The minimum Gasteiger partial charge on any atom is -0.175 e. The van der Waals surface area contributed by atoms with E-state index in [0.717, 1.165) is 23.7 Å². The standard InChI is InChI=1S/C12H22S/c1-7(2)9-5-8-6-10(11(9)13)12(8,3)4/h7-11,13H,5-6H2,1-4H3. The van der Waals surface area contributed by atoms with E-state index in [1.54, 1.807) is 0 Å². The molecule has 3 saturated carbocycles. The molecule has 0 saturated heterocycles. The first-order valence-electron chi connectivity index (χ1n) is 5.62. The summed E-state index contributed by atoms with van der Waals surface area (Å²) >= 11 is 4.84. The summed E-state index contributed by atoms with van der Waals surface area (Å²) in [4.78, 5) is 0. The largest absolute Gasteiger partial charge is 0.175 e. The highest BCUT2D eigenvalue weighted by Crippen LogP contribution is 2.62. The fourth-order valence-corrected chi connectivity index (χ4v) is 4.44. The van der Waals surface area contributed by atoms with Crippen molar-refractivity contribution in [3.8, 4) is 0 Å². The van der Waals surface area contributed by atoms with Crippen LogP contribution in [0.25, 0.3) is 0 Å². The summed E-state index contributed by atoms with van der Waals surface area (Å²) in [6.45, 7) is 9.58. The lowest BCUT2D eigenvalue weighted by molar-refractivity contribution is -0.0915. The van der Waals surface area contributed by atoms with Crippen LogP contribution in [0.15, 0.2) is 0 Å². The molecule has 0 heterocycles. The molecular formula is C12H22S. The van der Waals surface area contributed by atoms with E-state index >= 15 is 0 Å². The van der Waals surface area contributed by atoms with E-state index in [-0.39, 0.29) is 0 Å². The van der Waals surface area contributed by atoms with Crippen molar-refractivity contribution in [1.82, 2.24) is 0 Å². The van der Waals surface area contributed by atoms with Crippen LogP contribution in [0.3, 0.4) is 0 Å². The molecule has 0 aromatic rings. The van der Waals surface area contributed by atoms with Gasteiger partial charge in [-0.1, -0.05) is 27.7 Å². The van der Waals surface area contributed by atoms with Crippen molar-refractivity contribution in [2.75, 3.05) is 0 Å². The van der Waals surface area contributed by atoms with Crippen LogP contribution >= 0.6 is 12.6 Å². The van der Waals surface area contributed by atoms with Crippen molar-refractivity contribution in [3.05, 3.63) is 0 Å². The van der Waals surface area contributed by atoms with Gasteiger partial charge in [-0.25, -0.2) is 0 Å². The van der Waals surface area contributed by atoms with E-state index in [4.69, 9.17) is 12.6 Å². The number of hydrogen-bond acceptors (Lipinski definition) is 1. The fraction of sp³-hybridized carbons (Fsp3) is 1.00. The average molecular weight is 198 g/mol. The molecule has 76 valence electrons. The summed E-state index contributed by atoms with van der Waals surface area (Å²) in [5.41, 5.74) is 0.595. The lowest BCUT2D eigenvalue weighted by Crippen LogP contribution is -2.57. The summed E-state index contributed by atoms with van der Waals surface area (Å²) in [6, 6.07) is 0. The Kier molecular flexibility index (Phi) is 2.22. The maximum Gasteiger partial charge on any atom is 0.00811 e. The van der Waals surface area contributed by atoms with Gasteiger partial charge >= 0.3 is 0 Å². The Hall–Kier alpha value is 0.350. The first-order valence-corrected chi connectivity index (χ1v) is 6.14. The Morgan fingerprint density at radius 3 is 2.23 bits per heavy atom. The summed E-state index contributed by atoms with van der Waals surface area (Å²) in [5.74, 6) is 3.58. The van der Waals surface area contributed by atoms with Crippen LogP contribution in [-0.2, 0) is 0 Å². The molecule has 4 unspecified atom stereocenters. The first-order chi connectivity index (χ1) is 5.94. The van der Waals surface area contributed by atoms with E-state index in [2.05, 4.69) is 27.7 Å². The minimum absolute atomic E-state index is 0.595. The minimum atomic E-state index is 0.595. The van der Waals surface area contributed by atoms with Gasteiger partial charge in [0.1, 0.15) is 0 Å². The number of hydrogen-bond donors (Lipinski definition) is 1. The number of rotatable bonds is 1. The van der Waals surface area contributed by atoms with Gasteiger partial charge in [0.15, 0.2) is 0 Å². The van der Waals surface area contributed by atoms with Crippen molar-refractivity contribution in [2.45, 2.75) is 45.8 Å². The molecular weight excluding hydrogens is 176 g/mol. The average Bonchev–Trinajstić information content (AvgIpc) is 2.02. The molecule has 2 bridgehead atoms. The summed E-state index contributed by atoms with van der Waals surface area (Å²) < 4.78 is 0. The maximum atomic E-state index is 4.84. The summed E-state index contributed by atoms with van der Waals surface area (Å²) in [5, 5.41) is 0.667. The fourth-order valence-electron chi connectivity index (χ4n) is 3.47. The van der Waals surface area contributed by atoms with Gasteiger partial charge in [-0.05, 0) is 41.9 Å². The van der Waals surface area contributed by atoms with E-state index < -0.39 is 0 Å². The number of thiol groups is 1. The molecule has 3 rings (SSSR count). The Labute approximate surface area is 87.9 Å². The van der Waals surface area contributed by atoms with Crippen LogP contribution in [0.1, 0.15) is 40.5 Å². The quantitative estimate of drug-likeness (QED) is 0.611. The van der Waals surface area contributed by atoms with Gasteiger partial charge < -0.3 is 0 Å². The summed E-state index contributed by atoms with van der Waals surface area (Å²) in [7, 11) is 0. The van der Waals surface area contributed by atoms with Gasteiger partial charge in [0, 0.05) is 5.25 Å². The van der Waals surface area contributed by atoms with Crippen molar-refractivity contribution in [2.24, 2.45) is 29.1 Å². The van der Waals surface area contributed by atoms with Gasteiger partial charge in [-0.3, -0.25) is 0 Å². The lowest BCUT2D eigenvalue weighted by Gasteiger charge is -2.62. The molecule has 3 aliphatic carbocycles. The second kappa shape index (κ2) is 2.92. The normalized spacial score (nSPS) is 47.5. The van der Waals surface area contributed by atoms with E-state index in [9.17, 15) is 0 Å². The van der Waals surface area contributed by atoms with E-state index in [1.165, 1.54) is 12.8 Å². The van der Waals surface area contributed by atoms with E-state index in [0.29, 0.717) is 10.7 Å². The Balaban J connectivity index is 2.12. The molecule has 0 spiro atoms. The van der Waals surface area contributed by atoms with Crippen LogP contribution < -0.4 is 0 Å². The van der Waals surface area contributed by atoms with Gasteiger partial charge in [-0.2, -0.15) is 12.6 Å². The molecule has 0 nitrogen and oxygen atoms in total. The highest BCUT2D eigenvalue weighted by molar-refractivity contribution is 7.81.